The van der Waals surface area contributed by atoms with Gasteiger partial charge in [0.05, 0.1) is 25.9 Å². The van der Waals surface area contributed by atoms with Crippen LogP contribution < -0.4 is 4.74 Å². The molecule has 1 aromatic rings. The third-order valence-electron chi connectivity index (χ3n) is 3.95. The van der Waals surface area contributed by atoms with Gasteiger partial charge in [-0.15, -0.1) is 0 Å². The molecule has 5 N–H and O–H groups in total. The Morgan fingerprint density at radius 2 is 1.64 bits per heavy atom. The Labute approximate surface area is 128 Å². The van der Waals surface area contributed by atoms with Gasteiger partial charge in [0.1, 0.15) is 30.2 Å². The van der Waals surface area contributed by atoms with E-state index in [1.54, 1.807) is 31.4 Å². The molecular weight excluding hydrogens is 292 g/mol. The average molecular weight is 314 g/mol. The third kappa shape index (κ3) is 3.57. The summed E-state index contributed by atoms with van der Waals surface area (Å²) in [5, 5.41) is 48.8. The first-order valence-electron chi connectivity index (χ1n) is 7.10. The van der Waals surface area contributed by atoms with Crippen LogP contribution in [0.1, 0.15) is 18.1 Å². The molecule has 1 heterocycles. The van der Waals surface area contributed by atoms with E-state index >= 15 is 0 Å². The molecule has 6 atom stereocenters. The Kier molecular flexibility index (Phi) is 5.74. The summed E-state index contributed by atoms with van der Waals surface area (Å²) in [6.45, 7) is -0.486. The number of benzene rings is 1. The monoisotopic (exact) mass is 314 g/mol. The summed E-state index contributed by atoms with van der Waals surface area (Å²) in [6, 6.07) is 6.78. The SMILES string of the molecule is COc1ccc(C(O)C[C@H]2O[C@H](CO)[C@H](O)[C@H](O)[C@H]2O)cc1. The normalized spacial score (nSPS) is 33.5. The number of hydrogen-bond acceptors (Lipinski definition) is 7. The first kappa shape index (κ1) is 17.1. The Bertz CT molecular complexity index is 461. The predicted molar refractivity (Wildman–Crippen MR) is 76.3 cm³/mol. The van der Waals surface area contributed by atoms with Gasteiger partial charge in [0.15, 0.2) is 0 Å². The molecule has 2 rings (SSSR count). The van der Waals surface area contributed by atoms with Gasteiger partial charge in [0.25, 0.3) is 0 Å². The average Bonchev–Trinajstić information content (AvgIpc) is 2.55. The van der Waals surface area contributed by atoms with Crippen molar-refractivity contribution in [2.45, 2.75) is 43.0 Å². The molecule has 1 unspecified atom stereocenters. The molecule has 22 heavy (non-hydrogen) atoms. The van der Waals surface area contributed by atoms with Gasteiger partial charge in [-0.2, -0.15) is 0 Å². The van der Waals surface area contributed by atoms with Crippen LogP contribution >= 0.6 is 0 Å². The van der Waals surface area contributed by atoms with E-state index in [9.17, 15) is 20.4 Å². The van der Waals surface area contributed by atoms with Crippen LogP contribution in [0.15, 0.2) is 24.3 Å². The van der Waals surface area contributed by atoms with E-state index in [4.69, 9.17) is 14.6 Å². The molecule has 1 fully saturated rings. The van der Waals surface area contributed by atoms with Crippen molar-refractivity contribution in [1.29, 1.82) is 0 Å². The summed E-state index contributed by atoms with van der Waals surface area (Å²) in [5.41, 5.74) is 0.609. The van der Waals surface area contributed by atoms with Crippen molar-refractivity contribution in [1.82, 2.24) is 0 Å². The van der Waals surface area contributed by atoms with Gasteiger partial charge in [0, 0.05) is 6.42 Å². The van der Waals surface area contributed by atoms with Crippen LogP contribution in [0.4, 0.5) is 0 Å². The molecule has 7 nitrogen and oxygen atoms in total. The van der Waals surface area contributed by atoms with Crippen molar-refractivity contribution in [2.75, 3.05) is 13.7 Å². The van der Waals surface area contributed by atoms with Crippen LogP contribution in [0, 0.1) is 0 Å². The second-order valence-electron chi connectivity index (χ2n) is 5.39. The van der Waals surface area contributed by atoms with Gasteiger partial charge < -0.3 is 35.0 Å². The summed E-state index contributed by atoms with van der Waals surface area (Å²) in [4.78, 5) is 0. The molecule has 7 heteroatoms. The van der Waals surface area contributed by atoms with Crippen LogP contribution in [0.5, 0.6) is 5.75 Å². The summed E-state index contributed by atoms with van der Waals surface area (Å²) >= 11 is 0. The number of aliphatic hydroxyl groups is 5. The van der Waals surface area contributed by atoms with Crippen molar-refractivity contribution in [3.05, 3.63) is 29.8 Å². The molecule has 0 aliphatic carbocycles. The lowest BCUT2D eigenvalue weighted by molar-refractivity contribution is -0.234. The molecule has 0 spiro atoms. The summed E-state index contributed by atoms with van der Waals surface area (Å²) in [6.07, 6.45) is -6.93. The summed E-state index contributed by atoms with van der Waals surface area (Å²) in [5.74, 6) is 0.656. The highest BCUT2D eigenvalue weighted by Gasteiger charge is 2.43. The molecule has 0 aromatic heterocycles. The lowest BCUT2D eigenvalue weighted by Crippen LogP contribution is -2.58. The van der Waals surface area contributed by atoms with E-state index < -0.39 is 43.2 Å². The quantitative estimate of drug-likeness (QED) is 0.471. The van der Waals surface area contributed by atoms with Crippen LogP contribution in [-0.2, 0) is 4.74 Å². The Morgan fingerprint density at radius 1 is 1.05 bits per heavy atom. The van der Waals surface area contributed by atoms with E-state index in [-0.39, 0.29) is 6.42 Å². The molecular formula is C15H22O7. The maximum atomic E-state index is 10.2. The number of hydrogen-bond donors (Lipinski definition) is 5. The van der Waals surface area contributed by atoms with Crippen molar-refractivity contribution >= 4 is 0 Å². The zero-order valence-electron chi connectivity index (χ0n) is 12.2. The summed E-state index contributed by atoms with van der Waals surface area (Å²) < 4.78 is 10.4. The van der Waals surface area contributed by atoms with E-state index in [1.165, 1.54) is 0 Å². The second-order valence-corrected chi connectivity index (χ2v) is 5.39. The third-order valence-corrected chi connectivity index (χ3v) is 3.95. The van der Waals surface area contributed by atoms with Crippen molar-refractivity contribution < 1.29 is 35.0 Å². The predicted octanol–water partition coefficient (Wildman–Crippen LogP) is -1.04. The van der Waals surface area contributed by atoms with Crippen molar-refractivity contribution in [3.8, 4) is 5.75 Å². The summed E-state index contributed by atoms with van der Waals surface area (Å²) in [7, 11) is 1.54. The molecule has 0 bridgehead atoms. The molecule has 124 valence electrons. The zero-order valence-corrected chi connectivity index (χ0v) is 12.2. The lowest BCUT2D eigenvalue weighted by atomic mass is 9.91. The standard InChI is InChI=1S/C15H22O7/c1-21-9-4-2-8(3-5-9)10(17)6-11-13(18)15(20)14(19)12(7-16)22-11/h2-5,10-20H,6-7H2,1H3/t10?,11-,12-,13+,14+,15-/m1/s1. The molecule has 1 saturated heterocycles. The van der Waals surface area contributed by atoms with E-state index in [0.717, 1.165) is 0 Å². The Hall–Kier alpha value is -1.22. The van der Waals surface area contributed by atoms with Crippen molar-refractivity contribution in [2.24, 2.45) is 0 Å². The smallest absolute Gasteiger partial charge is 0.118 e. The van der Waals surface area contributed by atoms with Gasteiger partial charge in [-0.3, -0.25) is 0 Å². The van der Waals surface area contributed by atoms with Crippen LogP contribution in [-0.4, -0.2) is 69.8 Å². The first-order valence-corrected chi connectivity index (χ1v) is 7.10. The number of rotatable bonds is 5. The maximum absolute atomic E-state index is 10.2. The number of ether oxygens (including phenoxy) is 2. The first-order chi connectivity index (χ1) is 10.5. The lowest BCUT2D eigenvalue weighted by Gasteiger charge is -2.40. The Morgan fingerprint density at radius 3 is 2.18 bits per heavy atom. The fraction of sp³-hybridized carbons (Fsp3) is 0.600. The fourth-order valence-corrected chi connectivity index (χ4v) is 2.56. The number of aliphatic hydroxyl groups excluding tert-OH is 5. The molecule has 0 saturated carbocycles. The minimum atomic E-state index is -1.43. The largest absolute Gasteiger partial charge is 0.497 e. The van der Waals surface area contributed by atoms with Gasteiger partial charge in [-0.25, -0.2) is 0 Å². The molecule has 0 amide bonds. The zero-order chi connectivity index (χ0) is 16.3. The number of methoxy groups -OCH3 is 1. The van der Waals surface area contributed by atoms with Gasteiger partial charge in [-0.05, 0) is 17.7 Å². The molecule has 1 aromatic carbocycles. The highest BCUT2D eigenvalue weighted by atomic mass is 16.5. The van der Waals surface area contributed by atoms with Crippen LogP contribution in [0.3, 0.4) is 0 Å². The molecule has 1 aliphatic rings. The van der Waals surface area contributed by atoms with Gasteiger partial charge in [-0.1, -0.05) is 12.1 Å². The van der Waals surface area contributed by atoms with Crippen molar-refractivity contribution in [3.63, 3.8) is 0 Å². The van der Waals surface area contributed by atoms with Gasteiger partial charge in [0.2, 0.25) is 0 Å². The highest BCUT2D eigenvalue weighted by molar-refractivity contribution is 5.28. The molecule has 0 radical (unpaired) electrons. The van der Waals surface area contributed by atoms with Gasteiger partial charge >= 0.3 is 0 Å². The minimum Gasteiger partial charge on any atom is -0.497 e. The van der Waals surface area contributed by atoms with Crippen LogP contribution in [0.25, 0.3) is 0 Å². The van der Waals surface area contributed by atoms with Crippen LogP contribution in [0.2, 0.25) is 0 Å². The molecule has 1 aliphatic heterocycles. The van der Waals surface area contributed by atoms with E-state index in [0.29, 0.717) is 11.3 Å². The fourth-order valence-electron chi connectivity index (χ4n) is 2.56. The second kappa shape index (κ2) is 7.36. The van der Waals surface area contributed by atoms with E-state index in [2.05, 4.69) is 0 Å². The maximum Gasteiger partial charge on any atom is 0.118 e. The van der Waals surface area contributed by atoms with E-state index in [1.807, 2.05) is 0 Å². The Balaban J connectivity index is 2.04. The minimum absolute atomic E-state index is 0.0216. The highest BCUT2D eigenvalue weighted by Crippen LogP contribution is 2.29. The topological polar surface area (TPSA) is 120 Å².